The van der Waals surface area contributed by atoms with E-state index < -0.39 is 15.1 Å². The molecule has 0 aromatic carbocycles. The van der Waals surface area contributed by atoms with Gasteiger partial charge in [0.05, 0.1) is 6.61 Å². The Kier molecular flexibility index (Phi) is 17.3. The fourth-order valence-corrected chi connectivity index (χ4v) is 5.52. The molecule has 0 fully saturated rings. The van der Waals surface area contributed by atoms with E-state index in [1.54, 1.807) is 6.92 Å². The Morgan fingerprint density at radius 1 is 0.778 bits per heavy atom. The third-order valence-electron chi connectivity index (χ3n) is 4.16. The van der Waals surface area contributed by atoms with Crippen LogP contribution in [-0.4, -0.2) is 47.5 Å². The highest BCUT2D eigenvalue weighted by Gasteiger charge is 2.39. The fourth-order valence-electron chi connectivity index (χ4n) is 2.83. The maximum Gasteiger partial charge on any atom is 0.500 e. The second-order valence-electron chi connectivity index (χ2n) is 6.41. The van der Waals surface area contributed by atoms with Crippen molar-refractivity contribution in [3.8, 4) is 0 Å². The summed E-state index contributed by atoms with van der Waals surface area (Å²) in [6, 6.07) is 0.895. The van der Waals surface area contributed by atoms with Gasteiger partial charge in [-0.3, -0.25) is 4.79 Å². The fraction of sp³-hybridized carbons (Fsp3) is 0.950. The molecule has 0 heterocycles. The lowest BCUT2D eigenvalue weighted by atomic mass is 10.1. The third kappa shape index (κ3) is 13.4. The van der Waals surface area contributed by atoms with E-state index in [2.05, 4.69) is 0 Å². The minimum Gasteiger partial charge on any atom is -0.436 e. The third-order valence-corrected chi connectivity index (χ3v) is 7.31. The lowest BCUT2D eigenvalue weighted by molar-refractivity contribution is -0.179. The van der Waals surface area contributed by atoms with Crippen molar-refractivity contribution in [3.05, 3.63) is 0 Å². The van der Waals surface area contributed by atoms with Gasteiger partial charge in [-0.1, -0.05) is 39.5 Å². The Morgan fingerprint density at radius 2 is 1.30 bits per heavy atom. The van der Waals surface area contributed by atoms with Crippen LogP contribution in [-0.2, 0) is 27.5 Å². The van der Waals surface area contributed by atoms with Crippen LogP contribution in [0.15, 0.2) is 0 Å². The number of carbonyl (C=O) groups excluding carboxylic acids is 1. The molecule has 0 rings (SSSR count). The first-order chi connectivity index (χ1) is 13.1. The van der Waals surface area contributed by atoms with E-state index in [0.29, 0.717) is 39.3 Å². The molecule has 162 valence electrons. The molecule has 1 unspecified atom stereocenters. The number of hydrogen-bond acceptors (Lipinski definition) is 6. The molecule has 0 radical (unpaired) electrons. The summed E-state index contributed by atoms with van der Waals surface area (Å²) >= 11 is 0. The quantitative estimate of drug-likeness (QED) is 0.129. The minimum atomic E-state index is -2.47. The highest BCUT2D eigenvalue weighted by atomic mass is 28.4. The summed E-state index contributed by atoms with van der Waals surface area (Å²) in [4.78, 5) is 11.3. The van der Waals surface area contributed by atoms with Crippen LogP contribution >= 0.6 is 0 Å². The Hall–Kier alpha value is -0.473. The van der Waals surface area contributed by atoms with E-state index in [1.165, 1.54) is 12.8 Å². The lowest BCUT2D eigenvalue weighted by Crippen LogP contribution is -2.45. The van der Waals surface area contributed by atoms with Crippen molar-refractivity contribution >= 4 is 14.8 Å². The summed E-state index contributed by atoms with van der Waals surface area (Å²) in [5, 5.41) is 0. The monoisotopic (exact) mass is 406 g/mol. The molecule has 0 bridgehead atoms. The normalized spacial score (nSPS) is 12.9. The smallest absolute Gasteiger partial charge is 0.436 e. The molecule has 0 N–H and O–H groups in total. The van der Waals surface area contributed by atoms with Gasteiger partial charge in [-0.05, 0) is 33.6 Å². The van der Waals surface area contributed by atoms with Gasteiger partial charge in [0.1, 0.15) is 0 Å². The molecule has 0 aliphatic rings. The first kappa shape index (κ1) is 26.5. The topological polar surface area (TPSA) is 63.2 Å². The van der Waals surface area contributed by atoms with Crippen LogP contribution in [0.2, 0.25) is 6.04 Å². The molecular weight excluding hydrogens is 364 g/mol. The van der Waals surface area contributed by atoms with Crippen LogP contribution in [0.1, 0.15) is 86.0 Å². The zero-order valence-corrected chi connectivity index (χ0v) is 19.2. The van der Waals surface area contributed by atoms with Gasteiger partial charge in [0.15, 0.2) is 0 Å². The van der Waals surface area contributed by atoms with Gasteiger partial charge in [0.25, 0.3) is 0 Å². The molecule has 0 spiro atoms. The molecule has 27 heavy (non-hydrogen) atoms. The minimum absolute atomic E-state index is 0.201. The number of rotatable bonds is 19. The van der Waals surface area contributed by atoms with Crippen molar-refractivity contribution in [2.75, 3.05) is 26.4 Å². The Morgan fingerprint density at radius 3 is 1.78 bits per heavy atom. The van der Waals surface area contributed by atoms with Gasteiger partial charge in [-0.2, -0.15) is 0 Å². The Balaban J connectivity index is 3.81. The predicted octanol–water partition coefficient (Wildman–Crippen LogP) is 5.08. The lowest BCUT2D eigenvalue weighted by Gasteiger charge is -2.28. The van der Waals surface area contributed by atoms with Crippen molar-refractivity contribution in [1.29, 1.82) is 0 Å². The molecule has 0 aliphatic carbocycles. The van der Waals surface area contributed by atoms with Crippen molar-refractivity contribution < 1.29 is 27.5 Å². The van der Waals surface area contributed by atoms with Crippen LogP contribution in [0.5, 0.6) is 0 Å². The van der Waals surface area contributed by atoms with Gasteiger partial charge in [-0.15, -0.1) is 0 Å². The number of carbonyl (C=O) groups is 1. The summed E-state index contributed by atoms with van der Waals surface area (Å²) in [6.07, 6.45) is 7.42. The van der Waals surface area contributed by atoms with Crippen molar-refractivity contribution in [2.45, 2.75) is 98.3 Å². The SMILES string of the molecule is CCO[Si](CCCCCCCCOC(CC)OC(=O)CC)(OCC)OCC. The van der Waals surface area contributed by atoms with E-state index in [4.69, 9.17) is 22.8 Å². The molecule has 0 amide bonds. The average Bonchev–Trinajstić information content (AvgIpc) is 2.66. The molecule has 0 saturated heterocycles. The summed E-state index contributed by atoms with van der Waals surface area (Å²) in [6.45, 7) is 12.3. The van der Waals surface area contributed by atoms with E-state index in [0.717, 1.165) is 31.7 Å². The number of esters is 1. The van der Waals surface area contributed by atoms with Gasteiger partial charge >= 0.3 is 14.8 Å². The molecule has 0 aliphatic heterocycles. The molecule has 1 atom stereocenters. The largest absolute Gasteiger partial charge is 0.500 e. The van der Waals surface area contributed by atoms with Crippen LogP contribution in [0.25, 0.3) is 0 Å². The summed E-state index contributed by atoms with van der Waals surface area (Å²) < 4.78 is 28.5. The highest BCUT2D eigenvalue weighted by Crippen LogP contribution is 2.20. The first-order valence-electron chi connectivity index (χ1n) is 10.8. The maximum absolute atomic E-state index is 11.3. The number of unbranched alkanes of at least 4 members (excludes halogenated alkanes) is 5. The number of ether oxygens (including phenoxy) is 2. The van der Waals surface area contributed by atoms with Crippen molar-refractivity contribution in [3.63, 3.8) is 0 Å². The summed E-state index contributed by atoms with van der Waals surface area (Å²) in [5.41, 5.74) is 0. The van der Waals surface area contributed by atoms with Gasteiger partial charge < -0.3 is 22.8 Å². The van der Waals surface area contributed by atoms with Crippen LogP contribution in [0, 0.1) is 0 Å². The highest BCUT2D eigenvalue weighted by molar-refractivity contribution is 6.60. The van der Waals surface area contributed by atoms with Gasteiger partial charge in [0.2, 0.25) is 6.29 Å². The zero-order valence-electron chi connectivity index (χ0n) is 18.2. The number of hydrogen-bond donors (Lipinski definition) is 0. The molecule has 0 aromatic heterocycles. The molecular formula is C20H42O6Si. The van der Waals surface area contributed by atoms with Gasteiger partial charge in [0, 0.05) is 38.7 Å². The molecule has 0 saturated carbocycles. The van der Waals surface area contributed by atoms with Crippen LogP contribution in [0.4, 0.5) is 0 Å². The van der Waals surface area contributed by atoms with E-state index >= 15 is 0 Å². The summed E-state index contributed by atoms with van der Waals surface area (Å²) in [7, 11) is -2.47. The van der Waals surface area contributed by atoms with E-state index in [9.17, 15) is 4.79 Å². The predicted molar refractivity (Wildman–Crippen MR) is 110 cm³/mol. The second kappa shape index (κ2) is 17.6. The van der Waals surface area contributed by atoms with Crippen LogP contribution in [0.3, 0.4) is 0 Å². The summed E-state index contributed by atoms with van der Waals surface area (Å²) in [5.74, 6) is -0.201. The molecule has 0 aromatic rings. The maximum atomic E-state index is 11.3. The van der Waals surface area contributed by atoms with Crippen LogP contribution < -0.4 is 0 Å². The van der Waals surface area contributed by atoms with Gasteiger partial charge in [-0.25, -0.2) is 0 Å². The standard InChI is InChI=1S/C20H42O6Si/c1-6-19(21)26-20(7-2)22-17-15-13-11-12-14-16-18-27(23-8-3,24-9-4)25-10-5/h20H,6-18H2,1-5H3. The average molecular weight is 407 g/mol. The zero-order chi connectivity index (χ0) is 20.4. The van der Waals surface area contributed by atoms with E-state index in [-0.39, 0.29) is 5.97 Å². The first-order valence-corrected chi connectivity index (χ1v) is 12.7. The van der Waals surface area contributed by atoms with E-state index in [1.807, 2.05) is 27.7 Å². The Bertz CT molecular complexity index is 336. The second-order valence-corrected chi connectivity index (χ2v) is 9.14. The Labute approximate surface area is 167 Å². The molecule has 6 nitrogen and oxygen atoms in total. The van der Waals surface area contributed by atoms with Crippen molar-refractivity contribution in [1.82, 2.24) is 0 Å². The molecule has 7 heteroatoms. The van der Waals surface area contributed by atoms with Crippen molar-refractivity contribution in [2.24, 2.45) is 0 Å².